The Kier molecular flexibility index (Phi) is 14.8. The predicted octanol–water partition coefficient (Wildman–Crippen LogP) is 0.657. The minimum atomic E-state index is -5.24. The highest BCUT2D eigenvalue weighted by molar-refractivity contribution is 7.46. The molecule has 0 radical (unpaired) electrons. The topological polar surface area (TPSA) is 251 Å². The smallest absolute Gasteiger partial charge is 0.469 e. The van der Waals surface area contributed by atoms with Gasteiger partial charge in [0.1, 0.15) is 59.7 Å². The highest BCUT2D eigenvalue weighted by Gasteiger charge is 2.48. The van der Waals surface area contributed by atoms with E-state index in [2.05, 4.69) is 16.0 Å². The van der Waals surface area contributed by atoms with E-state index in [0.717, 1.165) is 34.4 Å². The minimum Gasteiger partial charge on any atom is -0.493 e. The van der Waals surface area contributed by atoms with E-state index < -0.39 is 116 Å². The molecule has 6 rings (SSSR count). The number of carbonyl (C=O) groups is 7. The standard InChI is InChI=1S/C42H53F2N6O13P/c1-21-13-32-42(57)62-23(3)35(47-37(52)30(16-26-14-28(43)19-29(44)15-26)46-34(51)18-25-8-9-27-10-12-61-33(27)17-25)41(56)49-11-6-7-31(49)40(55)48(5)36(24(4)63-64(58,59)60)38(53)45-22(2)39(54)50(32)20-21/h8-9,14-15,17,19,21-24,30-32,35-36H,6-7,10-13,16,18,20H2,1-5H3,(H,45,53)(H,46,51)(H,47,52)(H2,58,59,60)/t21-,22+,23+,24-,30+,31+,32+,35+,36+/m1/s1. The average Bonchev–Trinajstić information content (AvgIpc) is 3.97. The number of rotatable bonds is 10. The third-order valence-corrected chi connectivity index (χ3v) is 12.5. The number of hydrogen-bond donors (Lipinski definition) is 5. The fourth-order valence-electron chi connectivity index (χ4n) is 8.83. The number of cyclic esters (lactones) is 1. The lowest BCUT2D eigenvalue weighted by Crippen LogP contribution is -2.63. The number of hydrogen-bond acceptors (Lipinski definition) is 11. The van der Waals surface area contributed by atoms with Gasteiger partial charge in [-0.1, -0.05) is 19.1 Å². The van der Waals surface area contributed by atoms with Crippen LogP contribution >= 0.6 is 7.82 Å². The maximum Gasteiger partial charge on any atom is 0.469 e. The maximum atomic E-state index is 14.8. The molecule has 0 saturated carbocycles. The van der Waals surface area contributed by atoms with Crippen LogP contribution in [0.3, 0.4) is 0 Å². The first kappa shape index (κ1) is 48.0. The number of likely N-dealkylation sites (N-methyl/N-ethyl adjacent to an activating group) is 1. The molecule has 348 valence electrons. The summed E-state index contributed by atoms with van der Waals surface area (Å²) in [4.78, 5) is 121. The van der Waals surface area contributed by atoms with E-state index in [4.69, 9.17) is 14.0 Å². The van der Waals surface area contributed by atoms with Gasteiger partial charge in [-0.2, -0.15) is 0 Å². The van der Waals surface area contributed by atoms with Crippen LogP contribution in [0, 0.1) is 17.6 Å². The van der Waals surface area contributed by atoms with Crippen LogP contribution in [0.1, 0.15) is 63.6 Å². The number of benzene rings is 2. The summed E-state index contributed by atoms with van der Waals surface area (Å²) in [6, 6.07) is -1.13. The van der Waals surface area contributed by atoms with Crippen LogP contribution in [0.5, 0.6) is 5.75 Å². The molecule has 3 saturated heterocycles. The Labute approximate surface area is 367 Å². The molecular weight excluding hydrogens is 865 g/mol. The van der Waals surface area contributed by atoms with E-state index in [1.54, 1.807) is 19.1 Å². The zero-order valence-corrected chi connectivity index (χ0v) is 36.8. The highest BCUT2D eigenvalue weighted by atomic mass is 31.2. The molecule has 0 aliphatic carbocycles. The van der Waals surface area contributed by atoms with E-state index in [-0.39, 0.29) is 50.3 Å². The first-order chi connectivity index (χ1) is 30.1. The maximum absolute atomic E-state index is 14.8. The number of amides is 6. The van der Waals surface area contributed by atoms with Crippen LogP contribution in [-0.4, -0.2) is 141 Å². The molecule has 6 amide bonds. The summed E-state index contributed by atoms with van der Waals surface area (Å²) in [6.45, 7) is 6.05. The summed E-state index contributed by atoms with van der Waals surface area (Å²) < 4.78 is 57.1. The molecule has 4 aliphatic heterocycles. The largest absolute Gasteiger partial charge is 0.493 e. The molecule has 4 heterocycles. The van der Waals surface area contributed by atoms with Crippen molar-refractivity contribution in [3.05, 3.63) is 64.7 Å². The van der Waals surface area contributed by atoms with Gasteiger partial charge in [0.25, 0.3) is 0 Å². The van der Waals surface area contributed by atoms with Crippen LogP contribution in [-0.2, 0) is 66.6 Å². The summed E-state index contributed by atoms with van der Waals surface area (Å²) in [6.07, 6.45) is -2.74. The van der Waals surface area contributed by atoms with Crippen LogP contribution in [0.25, 0.3) is 0 Å². The van der Waals surface area contributed by atoms with Crippen molar-refractivity contribution in [3.63, 3.8) is 0 Å². The van der Waals surface area contributed by atoms with E-state index >= 15 is 0 Å². The van der Waals surface area contributed by atoms with Gasteiger partial charge in [0.15, 0.2) is 0 Å². The second kappa shape index (κ2) is 19.7. The van der Waals surface area contributed by atoms with Crippen LogP contribution in [0.15, 0.2) is 36.4 Å². The average molecular weight is 919 g/mol. The molecule has 64 heavy (non-hydrogen) atoms. The third kappa shape index (κ3) is 11.2. The number of halogens is 2. The van der Waals surface area contributed by atoms with Crippen molar-refractivity contribution in [2.75, 3.05) is 26.7 Å². The summed E-state index contributed by atoms with van der Waals surface area (Å²) in [5, 5.41) is 7.66. The number of phosphoric ester groups is 1. The van der Waals surface area contributed by atoms with E-state index in [0.29, 0.717) is 30.4 Å². The Morgan fingerprint density at radius 3 is 2.36 bits per heavy atom. The molecule has 5 N–H and O–H groups in total. The van der Waals surface area contributed by atoms with Gasteiger partial charge in [-0.05, 0) is 80.8 Å². The number of fused-ring (bicyclic) bond motifs is 3. The van der Waals surface area contributed by atoms with Crippen molar-refractivity contribution in [3.8, 4) is 5.75 Å². The van der Waals surface area contributed by atoms with Crippen molar-refractivity contribution in [2.45, 2.75) is 115 Å². The molecule has 2 aromatic carbocycles. The molecule has 22 heteroatoms. The van der Waals surface area contributed by atoms with Gasteiger partial charge >= 0.3 is 13.8 Å². The number of carbonyl (C=O) groups excluding carboxylic acids is 7. The lowest BCUT2D eigenvalue weighted by molar-refractivity contribution is -0.163. The molecule has 0 unspecified atom stereocenters. The number of esters is 1. The first-order valence-corrected chi connectivity index (χ1v) is 22.5. The second-order valence-corrected chi connectivity index (χ2v) is 18.1. The lowest BCUT2D eigenvalue weighted by atomic mass is 10.0. The summed E-state index contributed by atoms with van der Waals surface area (Å²) in [5.41, 5.74) is 1.48. The van der Waals surface area contributed by atoms with E-state index in [1.165, 1.54) is 25.8 Å². The summed E-state index contributed by atoms with van der Waals surface area (Å²) >= 11 is 0. The Hall–Kier alpha value is -5.50. The van der Waals surface area contributed by atoms with Gasteiger partial charge in [-0.3, -0.25) is 33.3 Å². The summed E-state index contributed by atoms with van der Waals surface area (Å²) in [5.74, 6) is -7.71. The SMILES string of the molecule is C[C@@H]1C[C@H]2C(=O)O[C@@H](C)[C@H](NC(=O)[C@H](Cc3cc(F)cc(F)c3)NC(=O)Cc3ccc4c(c3)OCC4)C(=O)N3CCC[C@H]3C(=O)N(C)[C@@H]([C@@H](C)OP(=O)(O)O)C(=O)N[C@@H](C)C(=O)N2C1. The first-order valence-electron chi connectivity index (χ1n) is 21.0. The fourth-order valence-corrected chi connectivity index (χ4v) is 9.38. The Balaban J connectivity index is 1.35. The van der Waals surface area contributed by atoms with Crippen molar-refractivity contribution in [1.29, 1.82) is 0 Å². The molecule has 0 bridgehead atoms. The van der Waals surface area contributed by atoms with Crippen LogP contribution in [0.2, 0.25) is 0 Å². The highest BCUT2D eigenvalue weighted by Crippen LogP contribution is 2.39. The summed E-state index contributed by atoms with van der Waals surface area (Å²) in [7, 11) is -4.08. The molecule has 19 nitrogen and oxygen atoms in total. The Bertz CT molecular complexity index is 2210. The number of nitrogens with one attached hydrogen (secondary N) is 3. The molecule has 3 fully saturated rings. The lowest BCUT2D eigenvalue weighted by Gasteiger charge is -2.37. The van der Waals surface area contributed by atoms with Crippen molar-refractivity contribution in [2.24, 2.45) is 5.92 Å². The van der Waals surface area contributed by atoms with Crippen LogP contribution in [0.4, 0.5) is 8.78 Å². The Morgan fingerprint density at radius 2 is 1.67 bits per heavy atom. The Morgan fingerprint density at radius 1 is 0.969 bits per heavy atom. The van der Waals surface area contributed by atoms with E-state index in [9.17, 15) is 56.7 Å². The van der Waals surface area contributed by atoms with Crippen LogP contribution < -0.4 is 20.7 Å². The van der Waals surface area contributed by atoms with Crippen molar-refractivity contribution in [1.82, 2.24) is 30.7 Å². The van der Waals surface area contributed by atoms with Gasteiger partial charge in [-0.15, -0.1) is 0 Å². The van der Waals surface area contributed by atoms with Crippen molar-refractivity contribution < 1.29 is 70.7 Å². The fraction of sp³-hybridized carbons (Fsp3) is 0.548. The number of phosphoric acid groups is 1. The zero-order chi connectivity index (χ0) is 46.8. The molecule has 0 aromatic heterocycles. The minimum absolute atomic E-state index is 0.0224. The quantitative estimate of drug-likeness (QED) is 0.163. The number of nitrogens with zero attached hydrogens (tertiary/aromatic N) is 3. The number of ether oxygens (including phenoxy) is 2. The molecule has 4 aliphatic rings. The van der Waals surface area contributed by atoms with E-state index in [1.807, 2.05) is 6.07 Å². The molecule has 0 spiro atoms. The zero-order valence-electron chi connectivity index (χ0n) is 36.0. The van der Waals surface area contributed by atoms with Gasteiger partial charge in [0, 0.05) is 39.0 Å². The van der Waals surface area contributed by atoms with Crippen molar-refractivity contribution >= 4 is 49.2 Å². The van der Waals surface area contributed by atoms with Gasteiger partial charge in [0.05, 0.1) is 19.1 Å². The third-order valence-electron chi connectivity index (χ3n) is 11.9. The second-order valence-electron chi connectivity index (χ2n) is 16.9. The molecular formula is C42H53F2N6O13P. The molecule has 9 atom stereocenters. The predicted molar refractivity (Wildman–Crippen MR) is 220 cm³/mol. The monoisotopic (exact) mass is 918 g/mol. The van der Waals surface area contributed by atoms with Gasteiger partial charge < -0.3 is 49.9 Å². The normalized spacial score (nSPS) is 26.6. The molecule has 2 aromatic rings. The van der Waals surface area contributed by atoms with Gasteiger partial charge in [-0.25, -0.2) is 18.1 Å². The van der Waals surface area contributed by atoms with Gasteiger partial charge in [0.2, 0.25) is 35.4 Å².